The maximum atomic E-state index is 7.12. The van der Waals surface area contributed by atoms with Crippen LogP contribution in [0, 0.1) is 27.7 Å². The Bertz CT molecular complexity index is 1940. The van der Waals surface area contributed by atoms with Crippen molar-refractivity contribution in [3.8, 4) is 23.0 Å². The highest BCUT2D eigenvalue weighted by molar-refractivity contribution is 7.49. The second kappa shape index (κ2) is 18.7. The van der Waals surface area contributed by atoms with Crippen LogP contribution < -0.4 is 18.1 Å². The summed E-state index contributed by atoms with van der Waals surface area (Å²) in [4.78, 5) is 0. The number of benzene rings is 4. The third-order valence-corrected chi connectivity index (χ3v) is 13.7. The van der Waals surface area contributed by atoms with Crippen LogP contribution in [0.25, 0.3) is 0 Å². The second-order valence-electron chi connectivity index (χ2n) is 21.5. The van der Waals surface area contributed by atoms with Crippen molar-refractivity contribution in [3.63, 3.8) is 0 Å². The van der Waals surface area contributed by atoms with E-state index < -0.39 is 27.9 Å². The third kappa shape index (κ3) is 12.7. The molecule has 0 bridgehead atoms. The summed E-state index contributed by atoms with van der Waals surface area (Å²) in [6, 6.07) is 25.3. The van der Waals surface area contributed by atoms with Gasteiger partial charge in [0.2, 0.25) is 0 Å². The van der Waals surface area contributed by atoms with E-state index in [0.717, 1.165) is 67.5 Å². The maximum absolute atomic E-state index is 7.12. The van der Waals surface area contributed by atoms with Gasteiger partial charge in [0.25, 0.3) is 0 Å². The molecule has 0 saturated carbocycles. The summed E-state index contributed by atoms with van der Waals surface area (Å²) in [5.74, 6) is 3.29. The van der Waals surface area contributed by atoms with E-state index in [9.17, 15) is 0 Å². The molecule has 4 aromatic carbocycles. The van der Waals surface area contributed by atoms with E-state index in [4.69, 9.17) is 27.4 Å². The van der Waals surface area contributed by atoms with Crippen molar-refractivity contribution in [3.05, 3.63) is 117 Å². The number of hydrogen-bond acceptors (Lipinski definition) is 6. The molecule has 0 aromatic heterocycles. The Kier molecular flexibility index (Phi) is 15.4. The molecular formula is C52H76O6P2. The van der Waals surface area contributed by atoms with Crippen molar-refractivity contribution in [1.82, 2.24) is 0 Å². The number of ether oxygens (including phenoxy) is 1. The second-order valence-corrected chi connectivity index (χ2v) is 24.5. The summed E-state index contributed by atoms with van der Waals surface area (Å²) in [7, 11) is -3.61. The van der Waals surface area contributed by atoms with Crippen molar-refractivity contribution >= 4 is 17.0 Å². The van der Waals surface area contributed by atoms with Crippen LogP contribution in [-0.4, -0.2) is 17.6 Å². The molecule has 0 amide bonds. The van der Waals surface area contributed by atoms with Gasteiger partial charge in [-0.05, 0) is 106 Å². The van der Waals surface area contributed by atoms with Crippen LogP contribution in [0.1, 0.15) is 162 Å². The lowest BCUT2D eigenvalue weighted by molar-refractivity contribution is -0.00349. The highest BCUT2D eigenvalue weighted by atomic mass is 31.2. The third-order valence-electron chi connectivity index (χ3n) is 10.7. The Morgan fingerprint density at radius 1 is 0.400 bits per heavy atom. The molecule has 0 heterocycles. The molecule has 4 rings (SSSR count). The summed E-state index contributed by atoms with van der Waals surface area (Å²) < 4.78 is 42.0. The molecule has 0 fully saturated rings. The molecule has 4 aromatic rings. The highest BCUT2D eigenvalue weighted by Gasteiger charge is 2.41. The molecule has 6 nitrogen and oxygen atoms in total. The fourth-order valence-electron chi connectivity index (χ4n) is 6.91. The fourth-order valence-corrected chi connectivity index (χ4v) is 9.79. The molecule has 8 heteroatoms. The van der Waals surface area contributed by atoms with E-state index in [-0.39, 0.29) is 21.7 Å². The van der Waals surface area contributed by atoms with Crippen LogP contribution >= 0.6 is 17.0 Å². The van der Waals surface area contributed by atoms with Gasteiger partial charge in [0.1, 0.15) is 23.0 Å². The van der Waals surface area contributed by atoms with Gasteiger partial charge in [-0.3, -0.25) is 4.52 Å². The van der Waals surface area contributed by atoms with Gasteiger partial charge in [0.15, 0.2) is 5.34 Å². The number of aryl methyl sites for hydroxylation is 4. The summed E-state index contributed by atoms with van der Waals surface area (Å²) in [5.41, 5.74) is 7.35. The first-order valence-electron chi connectivity index (χ1n) is 21.5. The Balaban J connectivity index is 1.69. The smallest absolute Gasteiger partial charge is 0.436 e. The topological polar surface area (TPSA) is 55.4 Å². The van der Waals surface area contributed by atoms with Crippen molar-refractivity contribution < 1.29 is 27.4 Å². The SMILES string of the molecule is Cc1cccc(C(C)(C)C)c1OP(Oc1c(C)cccc1C(C)(C)C)OC(C)(C)CCOC(C)(C)P(Oc1c(C)cccc1C(C)(C)C)Oc1c(C)cccc1C(C)(C)C. The lowest BCUT2D eigenvalue weighted by atomic mass is 9.85. The minimum absolute atomic E-state index is 0.145. The maximum Gasteiger partial charge on any atom is 0.463 e. The quantitative estimate of drug-likeness (QED) is 0.111. The molecule has 60 heavy (non-hydrogen) atoms. The van der Waals surface area contributed by atoms with Gasteiger partial charge in [-0.25, -0.2) is 0 Å². The van der Waals surface area contributed by atoms with Crippen molar-refractivity contribution in [1.29, 1.82) is 0 Å². The Hall–Kier alpha value is -3.14. The molecule has 0 aliphatic rings. The van der Waals surface area contributed by atoms with Crippen LogP contribution in [0.3, 0.4) is 0 Å². The van der Waals surface area contributed by atoms with E-state index in [1.807, 2.05) is 0 Å². The molecule has 0 N–H and O–H groups in total. The van der Waals surface area contributed by atoms with Crippen molar-refractivity contribution in [2.75, 3.05) is 6.61 Å². The Morgan fingerprint density at radius 3 is 0.967 bits per heavy atom. The van der Waals surface area contributed by atoms with Crippen molar-refractivity contribution in [2.45, 2.75) is 177 Å². The summed E-state index contributed by atoms with van der Waals surface area (Å²) in [5, 5.41) is -0.830. The van der Waals surface area contributed by atoms with Crippen LogP contribution in [0.15, 0.2) is 72.8 Å². The minimum atomic E-state index is -1.92. The number of hydrogen-bond donors (Lipinski definition) is 0. The first kappa shape index (κ1) is 49.5. The molecule has 0 radical (unpaired) electrons. The minimum Gasteiger partial charge on any atom is -0.436 e. The van der Waals surface area contributed by atoms with Gasteiger partial charge in [-0.2, -0.15) is 0 Å². The summed E-state index contributed by atoms with van der Waals surface area (Å²) in [6.07, 6.45) is 0.556. The average molecular weight is 859 g/mol. The average Bonchev–Trinajstić information content (AvgIpc) is 3.08. The molecule has 0 atom stereocenters. The van der Waals surface area contributed by atoms with Gasteiger partial charge in [0.05, 0.1) is 12.2 Å². The van der Waals surface area contributed by atoms with E-state index in [1.54, 1.807) is 0 Å². The van der Waals surface area contributed by atoms with Gasteiger partial charge >= 0.3 is 17.0 Å². The summed E-state index contributed by atoms with van der Waals surface area (Å²) >= 11 is 0. The van der Waals surface area contributed by atoms with E-state index >= 15 is 0 Å². The molecule has 0 spiro atoms. The first-order valence-corrected chi connectivity index (χ1v) is 23.8. The van der Waals surface area contributed by atoms with Crippen LogP contribution in [0.2, 0.25) is 0 Å². The van der Waals surface area contributed by atoms with Gasteiger partial charge in [0, 0.05) is 22.3 Å². The molecule has 0 aliphatic carbocycles. The Morgan fingerprint density at radius 2 is 0.683 bits per heavy atom. The largest absolute Gasteiger partial charge is 0.463 e. The highest BCUT2D eigenvalue weighted by Crippen LogP contribution is 2.56. The summed E-state index contributed by atoms with van der Waals surface area (Å²) in [6.45, 7) is 43.6. The lowest BCUT2D eigenvalue weighted by Crippen LogP contribution is -2.32. The van der Waals surface area contributed by atoms with E-state index in [1.165, 1.54) is 0 Å². The van der Waals surface area contributed by atoms with Crippen LogP contribution in [0.4, 0.5) is 0 Å². The van der Waals surface area contributed by atoms with Gasteiger partial charge < -0.3 is 22.8 Å². The molecule has 0 unspecified atom stereocenters. The molecular weight excluding hydrogens is 783 g/mol. The number of para-hydroxylation sites is 4. The zero-order chi connectivity index (χ0) is 45.2. The normalized spacial score (nSPS) is 13.2. The molecule has 0 aliphatic heterocycles. The first-order chi connectivity index (χ1) is 27.4. The van der Waals surface area contributed by atoms with Crippen molar-refractivity contribution in [2.24, 2.45) is 0 Å². The number of rotatable bonds is 15. The van der Waals surface area contributed by atoms with Gasteiger partial charge in [-0.15, -0.1) is 0 Å². The zero-order valence-electron chi connectivity index (χ0n) is 40.7. The lowest BCUT2D eigenvalue weighted by Gasteiger charge is -2.37. The van der Waals surface area contributed by atoms with Crippen LogP contribution in [0.5, 0.6) is 23.0 Å². The molecule has 0 saturated heterocycles. The van der Waals surface area contributed by atoms with E-state index in [0.29, 0.717) is 13.0 Å². The predicted molar refractivity (Wildman–Crippen MR) is 256 cm³/mol. The fraction of sp³-hybridized carbons (Fsp3) is 0.538. The van der Waals surface area contributed by atoms with E-state index in [2.05, 4.69) is 211 Å². The molecule has 330 valence electrons. The standard InChI is InChI=1S/C52H76O6P2/c1-35-25-21-29-39(47(5,6)7)43(35)54-59(55-44-36(2)26-22-30-40(44)48(8,9)10)52(19,20)53-34-33-51(17,18)58-60(56-45-37(3)27-23-31-41(45)49(11,12)13)57-46-38(4)28-24-32-42(46)50(14,15)16/h21-32H,33-34H2,1-20H3. The Labute approximate surface area is 367 Å². The zero-order valence-corrected chi connectivity index (χ0v) is 42.5. The van der Waals surface area contributed by atoms with Crippen LogP contribution in [-0.2, 0) is 30.9 Å². The monoisotopic (exact) mass is 859 g/mol. The van der Waals surface area contributed by atoms with Gasteiger partial charge in [-0.1, -0.05) is 156 Å². The predicted octanol–water partition coefficient (Wildman–Crippen LogP) is 16.2.